The molecule has 2 amide bonds. The largest absolute Gasteiger partial charge is 0.454 e. The molecule has 9 heteroatoms. The number of fused-ring (bicyclic) bond motifs is 1. The molecular formula is C23H23ClFN3O4. The zero-order valence-electron chi connectivity index (χ0n) is 17.4. The van der Waals surface area contributed by atoms with Crippen molar-refractivity contribution >= 4 is 29.1 Å². The van der Waals surface area contributed by atoms with E-state index in [4.69, 9.17) is 21.1 Å². The number of hydrogen-bond acceptors (Lipinski definition) is 5. The Morgan fingerprint density at radius 2 is 1.84 bits per heavy atom. The second-order valence-corrected chi connectivity index (χ2v) is 8.70. The molecular weight excluding hydrogens is 437 g/mol. The number of amides is 2. The highest BCUT2D eigenvalue weighted by molar-refractivity contribution is 6.31. The fourth-order valence-corrected chi connectivity index (χ4v) is 4.63. The fourth-order valence-electron chi connectivity index (χ4n) is 4.46. The first-order valence-corrected chi connectivity index (χ1v) is 11.0. The van der Waals surface area contributed by atoms with Gasteiger partial charge < -0.3 is 19.3 Å². The van der Waals surface area contributed by atoms with Crippen molar-refractivity contribution in [3.8, 4) is 11.5 Å². The molecule has 2 fully saturated rings. The third-order valence-electron chi connectivity index (χ3n) is 6.22. The third kappa shape index (κ3) is 4.12. The Hall–Kier alpha value is -2.84. The maximum Gasteiger partial charge on any atom is 0.231 e. The highest BCUT2D eigenvalue weighted by atomic mass is 35.5. The molecule has 32 heavy (non-hydrogen) atoms. The van der Waals surface area contributed by atoms with E-state index in [1.54, 1.807) is 0 Å². The Labute approximate surface area is 190 Å². The molecule has 1 unspecified atom stereocenters. The molecule has 0 saturated carbocycles. The van der Waals surface area contributed by atoms with Gasteiger partial charge in [-0.1, -0.05) is 17.7 Å². The predicted octanol–water partition coefficient (Wildman–Crippen LogP) is 2.91. The number of piperazine rings is 1. The lowest BCUT2D eigenvalue weighted by molar-refractivity contribution is -0.137. The second-order valence-electron chi connectivity index (χ2n) is 8.29. The molecule has 5 rings (SSSR count). The van der Waals surface area contributed by atoms with Gasteiger partial charge in [-0.2, -0.15) is 0 Å². The van der Waals surface area contributed by atoms with E-state index in [0.29, 0.717) is 18.8 Å². The monoisotopic (exact) mass is 459 g/mol. The molecule has 0 aromatic heterocycles. The Kier molecular flexibility index (Phi) is 5.65. The topological polar surface area (TPSA) is 62.3 Å². The first-order chi connectivity index (χ1) is 15.5. The van der Waals surface area contributed by atoms with E-state index in [9.17, 15) is 14.0 Å². The van der Waals surface area contributed by atoms with Gasteiger partial charge in [0.1, 0.15) is 5.82 Å². The van der Waals surface area contributed by atoms with Crippen molar-refractivity contribution in [3.05, 3.63) is 52.8 Å². The number of nitrogens with zero attached hydrogens (tertiary/aromatic N) is 3. The normalized spacial score (nSPS) is 20.8. The van der Waals surface area contributed by atoms with E-state index in [1.165, 1.54) is 23.1 Å². The highest BCUT2D eigenvalue weighted by Crippen LogP contribution is 2.33. The number of halogens is 2. The molecule has 3 heterocycles. The molecule has 3 aliphatic rings. The standard InChI is InChI=1S/C23H23ClFN3O4/c24-18-11-17(2-3-19(18)25)28-13-16(10-22(28)29)23(30)27-7-5-26(6-8-27)12-15-1-4-20-21(9-15)32-14-31-20/h1-4,9,11,16H,5-8,10,12-14H2. The van der Waals surface area contributed by atoms with Crippen LogP contribution in [0.2, 0.25) is 5.02 Å². The molecule has 2 aromatic rings. The van der Waals surface area contributed by atoms with Crippen molar-refractivity contribution < 1.29 is 23.5 Å². The summed E-state index contributed by atoms with van der Waals surface area (Å²) in [7, 11) is 0. The number of carbonyl (C=O) groups excluding carboxylic acids is 2. The number of ether oxygens (including phenoxy) is 2. The van der Waals surface area contributed by atoms with Crippen LogP contribution in [0.1, 0.15) is 12.0 Å². The van der Waals surface area contributed by atoms with Gasteiger partial charge in [-0.05, 0) is 35.9 Å². The van der Waals surface area contributed by atoms with Crippen molar-refractivity contribution in [1.82, 2.24) is 9.80 Å². The van der Waals surface area contributed by atoms with E-state index >= 15 is 0 Å². The van der Waals surface area contributed by atoms with E-state index in [-0.39, 0.29) is 36.6 Å². The first kappa shape index (κ1) is 21.0. The summed E-state index contributed by atoms with van der Waals surface area (Å²) in [6.07, 6.45) is 0.158. The molecule has 0 N–H and O–H groups in total. The van der Waals surface area contributed by atoms with Crippen molar-refractivity contribution in [2.75, 3.05) is 44.4 Å². The van der Waals surface area contributed by atoms with Gasteiger partial charge >= 0.3 is 0 Å². The Balaban J connectivity index is 1.16. The number of benzene rings is 2. The van der Waals surface area contributed by atoms with E-state index in [0.717, 1.165) is 36.7 Å². The van der Waals surface area contributed by atoms with Crippen LogP contribution < -0.4 is 14.4 Å². The smallest absolute Gasteiger partial charge is 0.231 e. The van der Waals surface area contributed by atoms with Gasteiger partial charge in [-0.15, -0.1) is 0 Å². The summed E-state index contributed by atoms with van der Waals surface area (Å²) >= 11 is 5.85. The molecule has 2 aromatic carbocycles. The third-order valence-corrected chi connectivity index (χ3v) is 6.51. The summed E-state index contributed by atoms with van der Waals surface area (Å²) in [5, 5.41) is -0.0383. The van der Waals surface area contributed by atoms with Crippen molar-refractivity contribution in [1.29, 1.82) is 0 Å². The molecule has 1 atom stereocenters. The van der Waals surface area contributed by atoms with Crippen LogP contribution in [-0.4, -0.2) is 61.1 Å². The molecule has 168 valence electrons. The van der Waals surface area contributed by atoms with E-state index < -0.39 is 11.7 Å². The zero-order valence-corrected chi connectivity index (χ0v) is 18.2. The molecule has 0 radical (unpaired) electrons. The van der Waals surface area contributed by atoms with Gasteiger partial charge in [0, 0.05) is 51.4 Å². The maximum absolute atomic E-state index is 13.4. The second kappa shape index (κ2) is 8.60. The molecule has 0 bridgehead atoms. The molecule has 0 spiro atoms. The van der Waals surface area contributed by atoms with Crippen LogP contribution in [0.5, 0.6) is 11.5 Å². The van der Waals surface area contributed by atoms with Gasteiger partial charge in [0.25, 0.3) is 0 Å². The van der Waals surface area contributed by atoms with Gasteiger partial charge in [0.2, 0.25) is 18.6 Å². The lowest BCUT2D eigenvalue weighted by Gasteiger charge is -2.36. The summed E-state index contributed by atoms with van der Waals surface area (Å²) < 4.78 is 24.2. The van der Waals surface area contributed by atoms with E-state index in [1.807, 2.05) is 23.1 Å². The minimum Gasteiger partial charge on any atom is -0.454 e. The number of hydrogen-bond donors (Lipinski definition) is 0. The van der Waals surface area contributed by atoms with Crippen LogP contribution in [0.3, 0.4) is 0 Å². The first-order valence-electron chi connectivity index (χ1n) is 10.6. The quantitative estimate of drug-likeness (QED) is 0.703. The minimum atomic E-state index is -0.534. The number of anilines is 1. The SMILES string of the molecule is O=C(C1CC(=O)N(c2ccc(F)c(Cl)c2)C1)N1CCN(Cc2ccc3c(c2)OCO3)CC1. The molecule has 3 aliphatic heterocycles. The van der Waals surface area contributed by atoms with Gasteiger partial charge in [0.15, 0.2) is 11.5 Å². The summed E-state index contributed by atoms with van der Waals surface area (Å²) in [6, 6.07) is 10.1. The average molecular weight is 460 g/mol. The van der Waals surface area contributed by atoms with Crippen LogP contribution in [0.4, 0.5) is 10.1 Å². The van der Waals surface area contributed by atoms with Crippen LogP contribution in [0.15, 0.2) is 36.4 Å². The molecule has 2 saturated heterocycles. The Morgan fingerprint density at radius 1 is 1.06 bits per heavy atom. The van der Waals surface area contributed by atoms with Crippen molar-refractivity contribution in [2.45, 2.75) is 13.0 Å². The van der Waals surface area contributed by atoms with Gasteiger partial charge in [-0.3, -0.25) is 14.5 Å². The van der Waals surface area contributed by atoms with Crippen molar-refractivity contribution in [2.24, 2.45) is 5.92 Å². The Morgan fingerprint density at radius 3 is 2.62 bits per heavy atom. The molecule has 7 nitrogen and oxygen atoms in total. The fraction of sp³-hybridized carbons (Fsp3) is 0.391. The predicted molar refractivity (Wildman–Crippen MR) is 116 cm³/mol. The summed E-state index contributed by atoms with van der Waals surface area (Å²) in [4.78, 5) is 31.2. The summed E-state index contributed by atoms with van der Waals surface area (Å²) in [6.45, 7) is 4.09. The molecule has 0 aliphatic carbocycles. The summed E-state index contributed by atoms with van der Waals surface area (Å²) in [5.74, 6) is 0.464. The van der Waals surface area contributed by atoms with Gasteiger partial charge in [-0.25, -0.2) is 4.39 Å². The lowest BCUT2D eigenvalue weighted by Crippen LogP contribution is -2.50. The van der Waals surface area contributed by atoms with Crippen LogP contribution in [0, 0.1) is 11.7 Å². The van der Waals surface area contributed by atoms with Crippen LogP contribution in [-0.2, 0) is 16.1 Å². The van der Waals surface area contributed by atoms with Crippen LogP contribution in [0.25, 0.3) is 0 Å². The van der Waals surface area contributed by atoms with Crippen LogP contribution >= 0.6 is 11.6 Å². The number of carbonyl (C=O) groups is 2. The van der Waals surface area contributed by atoms with Gasteiger partial charge in [0.05, 0.1) is 10.9 Å². The lowest BCUT2D eigenvalue weighted by atomic mass is 10.1. The highest BCUT2D eigenvalue weighted by Gasteiger charge is 2.38. The zero-order chi connectivity index (χ0) is 22.2. The minimum absolute atomic E-state index is 0.00297. The maximum atomic E-state index is 13.4. The Bertz CT molecular complexity index is 1060. The van der Waals surface area contributed by atoms with Crippen molar-refractivity contribution in [3.63, 3.8) is 0 Å². The van der Waals surface area contributed by atoms with E-state index in [2.05, 4.69) is 4.90 Å². The number of rotatable bonds is 4. The summed E-state index contributed by atoms with van der Waals surface area (Å²) in [5.41, 5.74) is 1.66. The average Bonchev–Trinajstić information content (AvgIpc) is 3.42.